The number of primary amides is 1. The Labute approximate surface area is 60.9 Å². The highest BCUT2D eigenvalue weighted by atomic mass is 16.5. The van der Waals surface area contributed by atoms with Crippen LogP contribution in [-0.2, 0) is 9.53 Å². The Hall–Kier alpha value is -0.610. The Morgan fingerprint density at radius 2 is 2.20 bits per heavy atom. The minimum atomic E-state index is -0.491. The highest BCUT2D eigenvalue weighted by molar-refractivity contribution is 5.79. The van der Waals surface area contributed by atoms with E-state index in [9.17, 15) is 4.79 Å². The maximum absolute atomic E-state index is 10.5. The molecule has 60 valence electrons. The summed E-state index contributed by atoms with van der Waals surface area (Å²) < 4.78 is 4.81. The zero-order chi connectivity index (χ0) is 8.15. The summed E-state index contributed by atoms with van der Waals surface area (Å²) in [4.78, 5) is 12.4. The average Bonchev–Trinajstić information content (AvgIpc) is 1.81. The van der Waals surface area contributed by atoms with Gasteiger partial charge in [-0.3, -0.25) is 4.79 Å². The zero-order valence-corrected chi connectivity index (χ0v) is 6.63. The van der Waals surface area contributed by atoms with Gasteiger partial charge < -0.3 is 15.4 Å². The average molecular weight is 146 g/mol. The molecule has 1 unspecified atom stereocenters. The van der Waals surface area contributed by atoms with E-state index in [4.69, 9.17) is 10.5 Å². The fraction of sp³-hybridized carbons (Fsp3) is 0.833. The van der Waals surface area contributed by atoms with Gasteiger partial charge in [0.25, 0.3) is 0 Å². The molecule has 4 heteroatoms. The van der Waals surface area contributed by atoms with Crippen molar-refractivity contribution in [3.63, 3.8) is 0 Å². The van der Waals surface area contributed by atoms with Crippen LogP contribution in [0.25, 0.3) is 0 Å². The molecule has 2 N–H and O–H groups in total. The van der Waals surface area contributed by atoms with Gasteiger partial charge in [-0.1, -0.05) is 0 Å². The van der Waals surface area contributed by atoms with E-state index in [0.29, 0.717) is 6.54 Å². The second-order valence-electron chi connectivity index (χ2n) is 2.39. The standard InChI is InChI=1S/C6H14N2O2/c1-8(2)4-5(10-3)6(7)9/h5H,4H2,1-3H3,(H2,7,9). The van der Waals surface area contributed by atoms with E-state index >= 15 is 0 Å². The van der Waals surface area contributed by atoms with E-state index in [1.807, 2.05) is 19.0 Å². The van der Waals surface area contributed by atoms with Crippen LogP contribution in [0.2, 0.25) is 0 Å². The van der Waals surface area contributed by atoms with E-state index in [2.05, 4.69) is 0 Å². The van der Waals surface area contributed by atoms with Crippen molar-refractivity contribution in [2.45, 2.75) is 6.10 Å². The molecule has 1 atom stereocenters. The molecule has 0 radical (unpaired) electrons. The van der Waals surface area contributed by atoms with Crippen LogP contribution in [-0.4, -0.2) is 44.7 Å². The lowest BCUT2D eigenvalue weighted by Crippen LogP contribution is -2.38. The molecule has 10 heavy (non-hydrogen) atoms. The van der Waals surface area contributed by atoms with Gasteiger partial charge in [0, 0.05) is 13.7 Å². The molecule has 1 amide bonds. The predicted octanol–water partition coefficient (Wildman–Crippen LogP) is -0.952. The monoisotopic (exact) mass is 146 g/mol. The van der Waals surface area contributed by atoms with Crippen molar-refractivity contribution in [2.75, 3.05) is 27.7 Å². The van der Waals surface area contributed by atoms with Crippen molar-refractivity contribution >= 4 is 5.91 Å². The first kappa shape index (κ1) is 9.39. The summed E-state index contributed by atoms with van der Waals surface area (Å²) in [5.74, 6) is -0.420. The molecular weight excluding hydrogens is 132 g/mol. The number of nitrogens with two attached hydrogens (primary N) is 1. The third-order valence-corrected chi connectivity index (χ3v) is 1.13. The Morgan fingerprint density at radius 3 is 2.30 bits per heavy atom. The van der Waals surface area contributed by atoms with Crippen LogP contribution in [0.15, 0.2) is 0 Å². The number of carbonyl (C=O) groups is 1. The number of amides is 1. The number of hydrogen-bond donors (Lipinski definition) is 1. The van der Waals surface area contributed by atoms with Crippen LogP contribution in [0.1, 0.15) is 0 Å². The smallest absolute Gasteiger partial charge is 0.247 e. The van der Waals surface area contributed by atoms with Crippen molar-refractivity contribution in [1.29, 1.82) is 0 Å². The fourth-order valence-corrected chi connectivity index (χ4v) is 0.612. The van der Waals surface area contributed by atoms with Gasteiger partial charge in [0.1, 0.15) is 6.10 Å². The Morgan fingerprint density at radius 1 is 1.70 bits per heavy atom. The Bertz CT molecular complexity index is 114. The van der Waals surface area contributed by atoms with Crippen molar-refractivity contribution in [3.8, 4) is 0 Å². The van der Waals surface area contributed by atoms with Gasteiger partial charge in [-0.15, -0.1) is 0 Å². The first-order chi connectivity index (χ1) is 4.57. The first-order valence-electron chi connectivity index (χ1n) is 3.04. The lowest BCUT2D eigenvalue weighted by Gasteiger charge is -2.15. The number of rotatable bonds is 4. The molecule has 0 spiro atoms. The summed E-state index contributed by atoms with van der Waals surface area (Å²) in [6, 6.07) is 0. The summed E-state index contributed by atoms with van der Waals surface area (Å²) >= 11 is 0. The molecule has 0 saturated carbocycles. The molecule has 0 aliphatic carbocycles. The number of methoxy groups -OCH3 is 1. The van der Waals surface area contributed by atoms with Crippen molar-refractivity contribution in [3.05, 3.63) is 0 Å². The summed E-state index contributed by atoms with van der Waals surface area (Å²) in [6.45, 7) is 0.534. The molecule has 0 aromatic rings. The molecule has 0 heterocycles. The van der Waals surface area contributed by atoms with Crippen LogP contribution >= 0.6 is 0 Å². The fourth-order valence-electron chi connectivity index (χ4n) is 0.612. The second kappa shape index (κ2) is 4.24. The van der Waals surface area contributed by atoms with E-state index in [-0.39, 0.29) is 0 Å². The second-order valence-corrected chi connectivity index (χ2v) is 2.39. The molecule has 0 aliphatic heterocycles. The maximum atomic E-state index is 10.5. The SMILES string of the molecule is COC(CN(C)C)C(N)=O. The quantitative estimate of drug-likeness (QED) is 0.556. The molecule has 0 aromatic heterocycles. The Balaban J connectivity index is 3.72. The van der Waals surface area contributed by atoms with Gasteiger partial charge in [-0.25, -0.2) is 0 Å². The van der Waals surface area contributed by atoms with Crippen LogP contribution in [0, 0.1) is 0 Å². The lowest BCUT2D eigenvalue weighted by molar-refractivity contribution is -0.128. The minimum absolute atomic E-state index is 0.420. The summed E-state index contributed by atoms with van der Waals surface area (Å²) in [6.07, 6.45) is -0.491. The third kappa shape index (κ3) is 3.42. The molecule has 0 aromatic carbocycles. The van der Waals surface area contributed by atoms with Crippen molar-refractivity contribution < 1.29 is 9.53 Å². The maximum Gasteiger partial charge on any atom is 0.247 e. The van der Waals surface area contributed by atoms with Crippen LogP contribution < -0.4 is 5.73 Å². The van der Waals surface area contributed by atoms with Crippen LogP contribution in [0.4, 0.5) is 0 Å². The lowest BCUT2D eigenvalue weighted by atomic mass is 10.3. The van der Waals surface area contributed by atoms with Crippen molar-refractivity contribution in [1.82, 2.24) is 4.90 Å². The van der Waals surface area contributed by atoms with Gasteiger partial charge in [-0.05, 0) is 14.1 Å². The minimum Gasteiger partial charge on any atom is -0.370 e. The molecular formula is C6H14N2O2. The molecule has 0 aliphatic rings. The van der Waals surface area contributed by atoms with E-state index in [1.54, 1.807) is 0 Å². The number of likely N-dealkylation sites (N-methyl/N-ethyl adjacent to an activating group) is 1. The van der Waals surface area contributed by atoms with Crippen LogP contribution in [0.5, 0.6) is 0 Å². The van der Waals surface area contributed by atoms with Crippen molar-refractivity contribution in [2.24, 2.45) is 5.73 Å². The molecule has 0 rings (SSSR count). The van der Waals surface area contributed by atoms with Gasteiger partial charge in [0.15, 0.2) is 0 Å². The van der Waals surface area contributed by atoms with E-state index < -0.39 is 12.0 Å². The van der Waals surface area contributed by atoms with Gasteiger partial charge in [0.05, 0.1) is 0 Å². The Kier molecular flexibility index (Phi) is 3.99. The van der Waals surface area contributed by atoms with Crippen LogP contribution in [0.3, 0.4) is 0 Å². The highest BCUT2D eigenvalue weighted by Gasteiger charge is 2.13. The van der Waals surface area contributed by atoms with Gasteiger partial charge in [0.2, 0.25) is 5.91 Å². The predicted molar refractivity (Wildman–Crippen MR) is 38.5 cm³/mol. The normalized spacial score (nSPS) is 13.6. The third-order valence-electron chi connectivity index (χ3n) is 1.13. The van der Waals surface area contributed by atoms with E-state index in [0.717, 1.165) is 0 Å². The molecule has 0 bridgehead atoms. The largest absolute Gasteiger partial charge is 0.370 e. The van der Waals surface area contributed by atoms with E-state index in [1.165, 1.54) is 7.11 Å². The number of ether oxygens (including phenoxy) is 1. The molecule has 0 saturated heterocycles. The summed E-state index contributed by atoms with van der Waals surface area (Å²) in [5, 5.41) is 0. The topological polar surface area (TPSA) is 55.6 Å². The first-order valence-corrected chi connectivity index (χ1v) is 3.04. The molecule has 4 nitrogen and oxygen atoms in total. The number of nitrogens with zero attached hydrogens (tertiary/aromatic N) is 1. The number of carbonyl (C=O) groups excluding carboxylic acids is 1. The zero-order valence-electron chi connectivity index (χ0n) is 6.63. The van der Waals surface area contributed by atoms with Gasteiger partial charge in [-0.2, -0.15) is 0 Å². The highest BCUT2D eigenvalue weighted by Crippen LogP contribution is 1.89. The van der Waals surface area contributed by atoms with Gasteiger partial charge >= 0.3 is 0 Å². The summed E-state index contributed by atoms with van der Waals surface area (Å²) in [5.41, 5.74) is 5.00. The number of hydrogen-bond acceptors (Lipinski definition) is 3. The molecule has 0 fully saturated rings. The summed E-state index contributed by atoms with van der Waals surface area (Å²) in [7, 11) is 5.18.